The number of aryl methyl sites for hydroxylation is 1. The van der Waals surface area contributed by atoms with E-state index in [-0.39, 0.29) is 5.91 Å². The molecule has 0 unspecified atom stereocenters. The number of carbonyl (C=O) groups excluding carboxylic acids is 1. The molecular formula is C12H17N3O2S. The van der Waals surface area contributed by atoms with Crippen LogP contribution in [0.25, 0.3) is 0 Å². The number of pyridine rings is 1. The average molecular weight is 267 g/mol. The molecule has 1 fully saturated rings. The highest BCUT2D eigenvalue weighted by molar-refractivity contribution is 7.85. The molecule has 1 N–H and O–H groups in total. The first kappa shape index (κ1) is 13.0. The van der Waals surface area contributed by atoms with Crippen molar-refractivity contribution >= 4 is 22.5 Å². The molecule has 0 aliphatic carbocycles. The highest BCUT2D eigenvalue weighted by Crippen LogP contribution is 2.13. The topological polar surface area (TPSA) is 62.3 Å². The number of anilines is 1. The van der Waals surface area contributed by atoms with Gasteiger partial charge in [-0.1, -0.05) is 0 Å². The Balaban J connectivity index is 2.18. The van der Waals surface area contributed by atoms with E-state index in [2.05, 4.69) is 10.3 Å². The fourth-order valence-electron chi connectivity index (χ4n) is 1.94. The number of hydrogen-bond acceptors (Lipinski definition) is 4. The molecule has 2 heterocycles. The summed E-state index contributed by atoms with van der Waals surface area (Å²) in [6, 6.07) is 3.54. The van der Waals surface area contributed by atoms with Crippen LogP contribution in [0.15, 0.2) is 12.1 Å². The molecule has 6 heteroatoms. The van der Waals surface area contributed by atoms with Crippen molar-refractivity contribution < 1.29 is 9.00 Å². The molecule has 18 heavy (non-hydrogen) atoms. The van der Waals surface area contributed by atoms with E-state index in [0.29, 0.717) is 36.0 Å². The molecule has 2 rings (SSSR count). The highest BCUT2D eigenvalue weighted by Gasteiger charge is 2.21. The van der Waals surface area contributed by atoms with E-state index in [4.69, 9.17) is 0 Å². The summed E-state index contributed by atoms with van der Waals surface area (Å²) in [7, 11) is 1.02. The third-order valence-electron chi connectivity index (χ3n) is 2.92. The predicted octanol–water partition coefficient (Wildman–Crippen LogP) is 0.636. The van der Waals surface area contributed by atoms with Crippen molar-refractivity contribution in [1.29, 1.82) is 0 Å². The SMILES string of the molecule is CNc1cc(C(=O)N2CCS(=O)CC2)cc(C)n1. The fourth-order valence-corrected chi connectivity index (χ4v) is 3.00. The normalized spacial score (nSPS) is 16.7. The second-order valence-electron chi connectivity index (χ2n) is 4.27. The van der Waals surface area contributed by atoms with Crippen LogP contribution in [0.4, 0.5) is 5.82 Å². The van der Waals surface area contributed by atoms with Gasteiger partial charge >= 0.3 is 0 Å². The third kappa shape index (κ3) is 2.87. The van der Waals surface area contributed by atoms with Crippen LogP contribution < -0.4 is 5.32 Å². The van der Waals surface area contributed by atoms with Crippen LogP contribution in [0.5, 0.6) is 0 Å². The van der Waals surface area contributed by atoms with Gasteiger partial charge in [-0.15, -0.1) is 0 Å². The number of nitrogens with zero attached hydrogens (tertiary/aromatic N) is 2. The van der Waals surface area contributed by atoms with Crippen LogP contribution in [-0.4, -0.2) is 51.6 Å². The zero-order valence-corrected chi connectivity index (χ0v) is 11.4. The number of aromatic nitrogens is 1. The standard InChI is InChI=1S/C12H17N3O2S/c1-9-7-10(8-11(13-2)14-9)12(16)15-3-5-18(17)6-4-15/h7-8H,3-6H2,1-2H3,(H,13,14). The Labute approximate surface area is 109 Å². The number of amides is 1. The zero-order chi connectivity index (χ0) is 13.1. The zero-order valence-electron chi connectivity index (χ0n) is 10.6. The largest absolute Gasteiger partial charge is 0.373 e. The molecular weight excluding hydrogens is 250 g/mol. The molecule has 5 nitrogen and oxygen atoms in total. The molecule has 1 amide bonds. The molecule has 1 aromatic heterocycles. The average Bonchev–Trinajstić information content (AvgIpc) is 2.38. The quantitative estimate of drug-likeness (QED) is 0.854. The van der Waals surface area contributed by atoms with Crippen molar-refractivity contribution in [3.05, 3.63) is 23.4 Å². The van der Waals surface area contributed by atoms with Crippen molar-refractivity contribution in [3.8, 4) is 0 Å². The summed E-state index contributed by atoms with van der Waals surface area (Å²) < 4.78 is 11.3. The van der Waals surface area contributed by atoms with Gasteiger partial charge in [-0.25, -0.2) is 4.98 Å². The van der Waals surface area contributed by atoms with Crippen LogP contribution in [0.1, 0.15) is 16.1 Å². The molecule has 0 spiro atoms. The second-order valence-corrected chi connectivity index (χ2v) is 5.97. The van der Waals surface area contributed by atoms with Gasteiger partial charge < -0.3 is 10.2 Å². The smallest absolute Gasteiger partial charge is 0.254 e. The predicted molar refractivity (Wildman–Crippen MR) is 72.3 cm³/mol. The van der Waals surface area contributed by atoms with E-state index in [9.17, 15) is 9.00 Å². The van der Waals surface area contributed by atoms with Crippen LogP contribution >= 0.6 is 0 Å². The third-order valence-corrected chi connectivity index (χ3v) is 4.20. The van der Waals surface area contributed by atoms with Gasteiger partial charge in [-0.05, 0) is 19.1 Å². The lowest BCUT2D eigenvalue weighted by Gasteiger charge is -2.26. The highest BCUT2D eigenvalue weighted by atomic mass is 32.2. The summed E-state index contributed by atoms with van der Waals surface area (Å²) in [6.07, 6.45) is 0. The minimum absolute atomic E-state index is 0.00583. The number of hydrogen-bond donors (Lipinski definition) is 1. The van der Waals surface area contributed by atoms with E-state index in [1.165, 1.54) is 0 Å². The maximum absolute atomic E-state index is 12.3. The second kappa shape index (κ2) is 5.48. The van der Waals surface area contributed by atoms with Crippen molar-refractivity contribution in [2.45, 2.75) is 6.92 Å². The van der Waals surface area contributed by atoms with Crippen molar-refractivity contribution in [2.24, 2.45) is 0 Å². The first-order valence-corrected chi connectivity index (χ1v) is 7.39. The van der Waals surface area contributed by atoms with E-state index in [1.807, 2.05) is 6.92 Å². The van der Waals surface area contributed by atoms with Crippen molar-refractivity contribution in [3.63, 3.8) is 0 Å². The van der Waals surface area contributed by atoms with Crippen LogP contribution in [-0.2, 0) is 10.8 Å². The summed E-state index contributed by atoms with van der Waals surface area (Å²) in [5.74, 6) is 1.84. The molecule has 1 aliphatic heterocycles. The van der Waals surface area contributed by atoms with Crippen molar-refractivity contribution in [2.75, 3.05) is 37.0 Å². The van der Waals surface area contributed by atoms with Gasteiger partial charge in [0.25, 0.3) is 5.91 Å². The van der Waals surface area contributed by atoms with Gasteiger partial charge in [0.15, 0.2) is 0 Å². The first-order chi connectivity index (χ1) is 8.60. The Hall–Kier alpha value is -1.43. The lowest BCUT2D eigenvalue weighted by molar-refractivity contribution is 0.0771. The molecule has 0 atom stereocenters. The van der Waals surface area contributed by atoms with Crippen LogP contribution in [0.2, 0.25) is 0 Å². The summed E-state index contributed by atoms with van der Waals surface area (Å²) in [5.41, 5.74) is 1.45. The Bertz CT molecular complexity index is 480. The monoisotopic (exact) mass is 267 g/mol. The summed E-state index contributed by atoms with van der Waals surface area (Å²) in [4.78, 5) is 18.3. The van der Waals surface area contributed by atoms with Gasteiger partial charge in [-0.3, -0.25) is 9.00 Å². The Morgan fingerprint density at radius 1 is 1.39 bits per heavy atom. The summed E-state index contributed by atoms with van der Waals surface area (Å²) in [6.45, 7) is 3.01. The number of carbonyl (C=O) groups is 1. The fraction of sp³-hybridized carbons (Fsp3) is 0.500. The van der Waals surface area contributed by atoms with E-state index >= 15 is 0 Å². The Morgan fingerprint density at radius 2 is 2.06 bits per heavy atom. The molecule has 1 saturated heterocycles. The van der Waals surface area contributed by atoms with Gasteiger partial charge in [-0.2, -0.15) is 0 Å². The molecule has 0 bridgehead atoms. The summed E-state index contributed by atoms with van der Waals surface area (Å²) >= 11 is 0. The van der Waals surface area contributed by atoms with Crippen LogP contribution in [0, 0.1) is 6.92 Å². The number of nitrogens with one attached hydrogen (secondary N) is 1. The molecule has 0 saturated carbocycles. The molecule has 1 aromatic rings. The number of rotatable bonds is 2. The maximum Gasteiger partial charge on any atom is 0.254 e. The van der Waals surface area contributed by atoms with Crippen LogP contribution in [0.3, 0.4) is 0 Å². The van der Waals surface area contributed by atoms with Gasteiger partial charge in [0.05, 0.1) is 0 Å². The maximum atomic E-state index is 12.3. The van der Waals surface area contributed by atoms with Crippen molar-refractivity contribution in [1.82, 2.24) is 9.88 Å². The lowest BCUT2D eigenvalue weighted by Crippen LogP contribution is -2.41. The van der Waals surface area contributed by atoms with Gasteiger partial charge in [0.2, 0.25) is 0 Å². The Morgan fingerprint density at radius 3 is 2.67 bits per heavy atom. The molecule has 0 radical (unpaired) electrons. The molecule has 0 aromatic carbocycles. The van der Waals surface area contributed by atoms with E-state index in [0.717, 1.165) is 5.69 Å². The minimum Gasteiger partial charge on any atom is -0.373 e. The Kier molecular flexibility index (Phi) is 3.96. The lowest BCUT2D eigenvalue weighted by atomic mass is 10.2. The summed E-state index contributed by atoms with van der Waals surface area (Å²) in [5, 5.41) is 2.94. The van der Waals surface area contributed by atoms with Gasteiger partial charge in [0, 0.05) is 53.7 Å². The minimum atomic E-state index is -0.763. The van der Waals surface area contributed by atoms with E-state index < -0.39 is 10.8 Å². The van der Waals surface area contributed by atoms with Gasteiger partial charge in [0.1, 0.15) is 5.82 Å². The van der Waals surface area contributed by atoms with E-state index in [1.54, 1.807) is 24.1 Å². The molecule has 98 valence electrons. The first-order valence-electron chi connectivity index (χ1n) is 5.91. The molecule has 1 aliphatic rings.